The van der Waals surface area contributed by atoms with Crippen LogP contribution in [0.25, 0.3) is 11.8 Å². The Kier molecular flexibility index (Phi) is 7.61. The highest BCUT2D eigenvalue weighted by Gasteiger charge is 2.35. The second kappa shape index (κ2) is 11.3. The molecule has 0 bridgehead atoms. The number of methoxy groups -OCH3 is 1. The summed E-state index contributed by atoms with van der Waals surface area (Å²) in [6.07, 6.45) is 1.88. The molecule has 198 valence electrons. The summed E-state index contributed by atoms with van der Waals surface area (Å²) in [6, 6.07) is 24.4. The van der Waals surface area contributed by atoms with E-state index >= 15 is 0 Å². The molecule has 1 atom stereocenters. The molecule has 4 aromatic rings. The average molecular weight is 539 g/mol. The lowest BCUT2D eigenvalue weighted by molar-refractivity contribution is -0.138. The molecule has 1 aliphatic rings. The molecular formula is C32H30N2O4S. The van der Waals surface area contributed by atoms with E-state index in [-0.39, 0.29) is 12.2 Å². The molecule has 1 aromatic heterocycles. The van der Waals surface area contributed by atoms with Gasteiger partial charge in [0.2, 0.25) is 0 Å². The number of hydrogen-bond donors (Lipinski definition) is 0. The van der Waals surface area contributed by atoms with Crippen molar-refractivity contribution in [3.63, 3.8) is 0 Å². The van der Waals surface area contributed by atoms with E-state index < -0.39 is 12.0 Å². The van der Waals surface area contributed by atoms with Crippen LogP contribution in [0.15, 0.2) is 94.2 Å². The molecule has 0 amide bonds. The van der Waals surface area contributed by atoms with E-state index in [2.05, 4.69) is 26.0 Å². The minimum absolute atomic E-state index is 0.205. The summed E-state index contributed by atoms with van der Waals surface area (Å²) in [6.45, 7) is 6.27. The first-order chi connectivity index (χ1) is 18.9. The second-order valence-electron chi connectivity index (χ2n) is 9.53. The molecule has 3 aromatic carbocycles. The smallest absolute Gasteiger partial charge is 0.338 e. The molecule has 2 heterocycles. The molecule has 1 unspecified atom stereocenters. The Morgan fingerprint density at radius 3 is 2.33 bits per heavy atom. The number of rotatable bonds is 7. The maximum atomic E-state index is 14.0. The Hall–Kier alpha value is -4.23. The minimum atomic E-state index is -0.716. The second-order valence-corrected chi connectivity index (χ2v) is 10.5. The molecule has 39 heavy (non-hydrogen) atoms. The third kappa shape index (κ3) is 5.22. The Balaban J connectivity index is 1.77. The summed E-state index contributed by atoms with van der Waals surface area (Å²) < 4.78 is 13.0. The van der Waals surface area contributed by atoms with Crippen molar-refractivity contribution < 1.29 is 14.3 Å². The van der Waals surface area contributed by atoms with Gasteiger partial charge in [-0.25, -0.2) is 9.79 Å². The van der Waals surface area contributed by atoms with Crippen molar-refractivity contribution in [3.8, 4) is 5.75 Å². The number of nitrogens with zero attached hydrogens (tertiary/aromatic N) is 2. The molecular weight excluding hydrogens is 508 g/mol. The van der Waals surface area contributed by atoms with Crippen LogP contribution < -0.4 is 19.6 Å². The number of benzene rings is 3. The summed E-state index contributed by atoms with van der Waals surface area (Å²) >= 11 is 1.32. The molecule has 0 fully saturated rings. The van der Waals surface area contributed by atoms with E-state index in [0.29, 0.717) is 32.3 Å². The van der Waals surface area contributed by atoms with Gasteiger partial charge in [0.05, 0.1) is 35.6 Å². The summed E-state index contributed by atoms with van der Waals surface area (Å²) in [5.41, 5.74) is 4.33. The van der Waals surface area contributed by atoms with Crippen LogP contribution in [0.2, 0.25) is 0 Å². The van der Waals surface area contributed by atoms with E-state index in [1.54, 1.807) is 18.6 Å². The van der Waals surface area contributed by atoms with Gasteiger partial charge < -0.3 is 9.47 Å². The number of thiazole rings is 1. The summed E-state index contributed by atoms with van der Waals surface area (Å²) in [7, 11) is 1.60. The van der Waals surface area contributed by atoms with E-state index in [9.17, 15) is 9.59 Å². The van der Waals surface area contributed by atoms with Crippen molar-refractivity contribution in [2.45, 2.75) is 32.7 Å². The lowest BCUT2D eigenvalue weighted by atomic mass is 9.93. The maximum absolute atomic E-state index is 14.0. The number of carbonyl (C=O) groups is 1. The monoisotopic (exact) mass is 538 g/mol. The van der Waals surface area contributed by atoms with Gasteiger partial charge in [0.15, 0.2) is 4.80 Å². The highest BCUT2D eigenvalue weighted by Crippen LogP contribution is 2.35. The van der Waals surface area contributed by atoms with E-state index in [1.807, 2.05) is 72.8 Å². The quantitative estimate of drug-likeness (QED) is 0.308. The molecule has 0 spiro atoms. The van der Waals surface area contributed by atoms with Crippen LogP contribution >= 0.6 is 11.3 Å². The number of esters is 1. The van der Waals surface area contributed by atoms with Crippen molar-refractivity contribution in [2.75, 3.05) is 13.7 Å². The largest absolute Gasteiger partial charge is 0.497 e. The Morgan fingerprint density at radius 1 is 1.03 bits per heavy atom. The van der Waals surface area contributed by atoms with Gasteiger partial charge in [0.25, 0.3) is 5.56 Å². The molecule has 6 nitrogen and oxygen atoms in total. The van der Waals surface area contributed by atoms with Gasteiger partial charge >= 0.3 is 5.97 Å². The summed E-state index contributed by atoms with van der Waals surface area (Å²) in [5, 5.41) is 0. The highest BCUT2D eigenvalue weighted by molar-refractivity contribution is 7.07. The number of aromatic nitrogens is 1. The fourth-order valence-electron chi connectivity index (χ4n) is 4.67. The number of ether oxygens (including phenoxy) is 2. The van der Waals surface area contributed by atoms with E-state index in [1.165, 1.54) is 16.9 Å². The first-order valence-electron chi connectivity index (χ1n) is 12.9. The van der Waals surface area contributed by atoms with Crippen molar-refractivity contribution in [1.29, 1.82) is 0 Å². The third-order valence-electron chi connectivity index (χ3n) is 6.71. The average Bonchev–Trinajstić information content (AvgIpc) is 3.27. The molecule has 0 saturated carbocycles. The van der Waals surface area contributed by atoms with Gasteiger partial charge in [0, 0.05) is 5.56 Å². The fraction of sp³-hybridized carbons (Fsp3) is 0.219. The zero-order valence-electron chi connectivity index (χ0n) is 22.4. The SMILES string of the molecule is CCOC(=O)C1=C(c2ccccc2)N=c2s/c(=C\c3ccc(C(C)C)cc3)c(=O)n2C1c1ccc(OC)cc1. The van der Waals surface area contributed by atoms with Crippen molar-refractivity contribution in [2.24, 2.45) is 4.99 Å². The van der Waals surface area contributed by atoms with Crippen LogP contribution in [-0.2, 0) is 9.53 Å². The van der Waals surface area contributed by atoms with E-state index in [0.717, 1.165) is 16.7 Å². The Bertz CT molecular complexity index is 1700. The highest BCUT2D eigenvalue weighted by atomic mass is 32.1. The maximum Gasteiger partial charge on any atom is 0.338 e. The van der Waals surface area contributed by atoms with E-state index in [4.69, 9.17) is 14.5 Å². The predicted octanol–water partition coefficient (Wildman–Crippen LogP) is 5.07. The molecule has 0 aliphatic carbocycles. The minimum Gasteiger partial charge on any atom is -0.497 e. The van der Waals surface area contributed by atoms with Gasteiger partial charge in [0.1, 0.15) is 5.75 Å². The predicted molar refractivity (Wildman–Crippen MR) is 155 cm³/mol. The molecule has 5 rings (SSSR count). The molecule has 1 aliphatic heterocycles. The topological polar surface area (TPSA) is 69.9 Å². The molecule has 0 N–H and O–H groups in total. The first kappa shape index (κ1) is 26.4. The number of hydrogen-bond acceptors (Lipinski definition) is 6. The molecule has 0 saturated heterocycles. The van der Waals surface area contributed by atoms with Crippen molar-refractivity contribution in [3.05, 3.63) is 126 Å². The van der Waals surface area contributed by atoms with Crippen LogP contribution in [-0.4, -0.2) is 24.3 Å². The number of carbonyl (C=O) groups excluding carboxylic acids is 1. The zero-order valence-corrected chi connectivity index (χ0v) is 23.2. The van der Waals surface area contributed by atoms with Gasteiger partial charge in [-0.1, -0.05) is 91.9 Å². The molecule has 7 heteroatoms. The molecule has 0 radical (unpaired) electrons. The van der Waals surface area contributed by atoms with Crippen LogP contribution in [0.3, 0.4) is 0 Å². The van der Waals surface area contributed by atoms with Crippen LogP contribution in [0.5, 0.6) is 5.75 Å². The van der Waals surface area contributed by atoms with Gasteiger partial charge in [-0.2, -0.15) is 0 Å². The Morgan fingerprint density at radius 2 is 1.72 bits per heavy atom. The third-order valence-corrected chi connectivity index (χ3v) is 7.69. The Labute approximate surface area is 231 Å². The van der Waals surface area contributed by atoms with Crippen molar-refractivity contribution >= 4 is 29.1 Å². The van der Waals surface area contributed by atoms with Crippen molar-refractivity contribution in [1.82, 2.24) is 4.57 Å². The normalized spacial score (nSPS) is 15.2. The van der Waals surface area contributed by atoms with Gasteiger partial charge in [-0.15, -0.1) is 0 Å². The van der Waals surface area contributed by atoms with Crippen LogP contribution in [0.4, 0.5) is 0 Å². The summed E-state index contributed by atoms with van der Waals surface area (Å²) in [5.74, 6) is 0.604. The van der Waals surface area contributed by atoms with Crippen LogP contribution in [0, 0.1) is 0 Å². The van der Waals surface area contributed by atoms with Gasteiger partial charge in [-0.3, -0.25) is 9.36 Å². The lowest BCUT2D eigenvalue weighted by Crippen LogP contribution is -2.40. The lowest BCUT2D eigenvalue weighted by Gasteiger charge is -2.26. The standard InChI is InChI=1S/C32H30N2O4S/c1-5-38-31(36)27-28(23-9-7-6-8-10-23)33-32-34(29(27)24-15-17-25(37-4)18-16-24)30(35)26(39-32)19-21-11-13-22(14-12-21)20(2)3/h6-20,29H,5H2,1-4H3/b26-19-. The first-order valence-corrected chi connectivity index (χ1v) is 13.7. The summed E-state index contributed by atoms with van der Waals surface area (Å²) in [4.78, 5) is 32.9. The zero-order chi connectivity index (χ0) is 27.5. The number of fused-ring (bicyclic) bond motifs is 1. The van der Waals surface area contributed by atoms with Gasteiger partial charge in [-0.05, 0) is 47.7 Å². The van der Waals surface area contributed by atoms with Crippen LogP contribution in [0.1, 0.15) is 55.0 Å². The fourth-order valence-corrected chi connectivity index (χ4v) is 5.67.